The number of aryl methyl sites for hydroxylation is 2. The van der Waals surface area contributed by atoms with Crippen molar-refractivity contribution in [1.82, 2.24) is 19.5 Å². The van der Waals surface area contributed by atoms with E-state index in [1.54, 1.807) is 6.92 Å². The maximum atomic E-state index is 9.89. The van der Waals surface area contributed by atoms with Crippen molar-refractivity contribution in [2.45, 2.75) is 38.8 Å². The van der Waals surface area contributed by atoms with Crippen molar-refractivity contribution in [2.75, 3.05) is 11.4 Å². The summed E-state index contributed by atoms with van der Waals surface area (Å²) in [7, 11) is 0. The van der Waals surface area contributed by atoms with Crippen LogP contribution in [-0.4, -0.2) is 37.3 Å². The second-order valence-electron chi connectivity index (χ2n) is 4.58. The zero-order valence-electron chi connectivity index (χ0n) is 10.8. The van der Waals surface area contributed by atoms with Crippen molar-refractivity contribution < 1.29 is 9.63 Å². The summed E-state index contributed by atoms with van der Waals surface area (Å²) in [6, 6.07) is -0.117. The molecular weight excluding hydrogens is 266 g/mol. The molecule has 102 valence electrons. The fourth-order valence-electron chi connectivity index (χ4n) is 2.21. The van der Waals surface area contributed by atoms with Crippen LogP contribution in [0, 0.1) is 6.92 Å². The summed E-state index contributed by atoms with van der Waals surface area (Å²) in [5, 5.41) is 14.5. The Balaban J connectivity index is 1.89. The van der Waals surface area contributed by atoms with E-state index in [9.17, 15) is 5.11 Å². The van der Waals surface area contributed by atoms with Gasteiger partial charge in [0.2, 0.25) is 11.0 Å². The van der Waals surface area contributed by atoms with Gasteiger partial charge in [-0.1, -0.05) is 12.1 Å². The van der Waals surface area contributed by atoms with Gasteiger partial charge in [0.1, 0.15) is 11.9 Å². The van der Waals surface area contributed by atoms with Crippen LogP contribution in [0.4, 0.5) is 5.13 Å². The van der Waals surface area contributed by atoms with E-state index in [2.05, 4.69) is 19.5 Å². The smallest absolute Gasteiger partial charge is 0.249 e. The van der Waals surface area contributed by atoms with Gasteiger partial charge in [0.05, 0.1) is 6.10 Å². The summed E-state index contributed by atoms with van der Waals surface area (Å²) < 4.78 is 9.50. The number of hydrogen-bond donors (Lipinski definition) is 1. The van der Waals surface area contributed by atoms with Gasteiger partial charge in [0, 0.05) is 30.9 Å². The van der Waals surface area contributed by atoms with Crippen molar-refractivity contribution in [2.24, 2.45) is 0 Å². The highest BCUT2D eigenvalue weighted by molar-refractivity contribution is 7.09. The van der Waals surface area contributed by atoms with Gasteiger partial charge in [0.15, 0.2) is 5.82 Å². The number of aliphatic hydroxyl groups is 1. The molecule has 3 rings (SSSR count). The van der Waals surface area contributed by atoms with Crippen LogP contribution >= 0.6 is 11.5 Å². The van der Waals surface area contributed by atoms with Gasteiger partial charge in [-0.3, -0.25) is 0 Å². The van der Waals surface area contributed by atoms with Gasteiger partial charge < -0.3 is 14.5 Å². The van der Waals surface area contributed by atoms with Crippen molar-refractivity contribution in [3.8, 4) is 0 Å². The summed E-state index contributed by atoms with van der Waals surface area (Å²) in [6.45, 7) is 4.32. The average molecular weight is 281 g/mol. The first kappa shape index (κ1) is 12.5. The highest BCUT2D eigenvalue weighted by Crippen LogP contribution is 2.36. The third kappa shape index (κ3) is 2.33. The van der Waals surface area contributed by atoms with Crippen LogP contribution in [0.1, 0.15) is 36.9 Å². The number of nitrogens with zero attached hydrogens (tertiary/aromatic N) is 5. The van der Waals surface area contributed by atoms with E-state index in [4.69, 9.17) is 4.52 Å². The minimum Gasteiger partial charge on any atom is -0.391 e. The average Bonchev–Trinajstić information content (AvgIpc) is 3.07. The molecule has 8 heteroatoms. The third-order valence-electron chi connectivity index (χ3n) is 3.13. The molecule has 2 aromatic heterocycles. The second kappa shape index (κ2) is 4.86. The molecule has 0 saturated carbocycles. The molecule has 0 bridgehead atoms. The molecule has 19 heavy (non-hydrogen) atoms. The molecule has 1 fully saturated rings. The molecule has 1 aliphatic heterocycles. The quantitative estimate of drug-likeness (QED) is 0.901. The van der Waals surface area contributed by atoms with Crippen LogP contribution in [0.2, 0.25) is 0 Å². The van der Waals surface area contributed by atoms with Crippen LogP contribution < -0.4 is 4.90 Å². The maximum absolute atomic E-state index is 9.89. The molecule has 1 N–H and O–H groups in total. The predicted molar refractivity (Wildman–Crippen MR) is 69.0 cm³/mol. The lowest BCUT2D eigenvalue weighted by Crippen LogP contribution is -2.24. The van der Waals surface area contributed by atoms with Crippen LogP contribution in [0.3, 0.4) is 0 Å². The summed E-state index contributed by atoms with van der Waals surface area (Å²) in [5.74, 6) is 1.95. The summed E-state index contributed by atoms with van der Waals surface area (Å²) in [4.78, 5) is 10.7. The van der Waals surface area contributed by atoms with E-state index in [-0.39, 0.29) is 6.04 Å². The van der Waals surface area contributed by atoms with Crippen molar-refractivity contribution in [1.29, 1.82) is 0 Å². The van der Waals surface area contributed by atoms with Gasteiger partial charge in [-0.2, -0.15) is 9.36 Å². The maximum Gasteiger partial charge on any atom is 0.249 e. The molecule has 2 atom stereocenters. The molecule has 0 aromatic carbocycles. The molecule has 1 saturated heterocycles. The number of rotatable bonds is 3. The lowest BCUT2D eigenvalue weighted by molar-refractivity contribution is 0.191. The highest BCUT2D eigenvalue weighted by Gasteiger charge is 2.37. The summed E-state index contributed by atoms with van der Waals surface area (Å²) >= 11 is 1.34. The number of hydrogen-bond acceptors (Lipinski definition) is 8. The molecule has 0 aliphatic carbocycles. The monoisotopic (exact) mass is 281 g/mol. The Morgan fingerprint density at radius 1 is 1.47 bits per heavy atom. The molecule has 0 spiro atoms. The first-order chi connectivity index (χ1) is 9.17. The van der Waals surface area contributed by atoms with E-state index in [1.165, 1.54) is 11.5 Å². The first-order valence-corrected chi connectivity index (χ1v) is 7.02. The number of aromatic nitrogens is 4. The number of β-amino-alcohol motifs (C(OH)–C–C–N with tert-alkyl or cyclic N) is 1. The molecule has 0 radical (unpaired) electrons. The van der Waals surface area contributed by atoms with Gasteiger partial charge in [-0.05, 0) is 6.92 Å². The minimum atomic E-state index is -0.411. The lowest BCUT2D eigenvalue weighted by Gasteiger charge is -2.19. The predicted octanol–water partition coefficient (Wildman–Crippen LogP) is 1.10. The van der Waals surface area contributed by atoms with E-state index in [1.807, 2.05) is 11.8 Å². The minimum absolute atomic E-state index is 0.117. The first-order valence-electron chi connectivity index (χ1n) is 6.25. The molecule has 2 aromatic rings. The van der Waals surface area contributed by atoms with Gasteiger partial charge in [-0.25, -0.2) is 4.98 Å². The van der Waals surface area contributed by atoms with Crippen molar-refractivity contribution in [3.05, 3.63) is 17.5 Å². The Kier molecular flexibility index (Phi) is 3.19. The Morgan fingerprint density at radius 3 is 2.95 bits per heavy atom. The topological polar surface area (TPSA) is 88.2 Å². The van der Waals surface area contributed by atoms with Crippen LogP contribution in [-0.2, 0) is 6.42 Å². The second-order valence-corrected chi connectivity index (χ2v) is 5.31. The number of aliphatic hydroxyl groups excluding tert-OH is 1. The molecule has 1 aliphatic rings. The van der Waals surface area contributed by atoms with Crippen LogP contribution in [0.15, 0.2) is 4.52 Å². The van der Waals surface area contributed by atoms with Gasteiger partial charge in [0.25, 0.3) is 0 Å². The number of anilines is 1. The van der Waals surface area contributed by atoms with E-state index in [0.717, 1.165) is 17.4 Å². The van der Waals surface area contributed by atoms with Gasteiger partial charge >= 0.3 is 0 Å². The zero-order valence-corrected chi connectivity index (χ0v) is 11.6. The molecular formula is C11H15N5O2S. The SMILES string of the molecule is CCc1nsc(N2C[C@H](O)C[C@@H]2c2nc(C)no2)n1. The largest absolute Gasteiger partial charge is 0.391 e. The highest BCUT2D eigenvalue weighted by atomic mass is 32.1. The van der Waals surface area contributed by atoms with E-state index in [0.29, 0.717) is 24.7 Å². The van der Waals surface area contributed by atoms with Crippen LogP contribution in [0.5, 0.6) is 0 Å². The standard InChI is InChI=1S/C11H15N5O2S/c1-3-9-13-11(19-15-9)16-5-7(17)4-8(16)10-12-6(2)14-18-10/h7-8,17H,3-5H2,1-2H3/t7-,8-/m1/s1. The summed E-state index contributed by atoms with van der Waals surface area (Å²) in [5.41, 5.74) is 0. The molecule has 0 unspecified atom stereocenters. The van der Waals surface area contributed by atoms with Crippen molar-refractivity contribution in [3.63, 3.8) is 0 Å². The van der Waals surface area contributed by atoms with E-state index >= 15 is 0 Å². The van der Waals surface area contributed by atoms with E-state index < -0.39 is 6.10 Å². The molecule has 7 nitrogen and oxygen atoms in total. The Labute approximate surface area is 114 Å². The van der Waals surface area contributed by atoms with Crippen LogP contribution in [0.25, 0.3) is 0 Å². The third-order valence-corrected chi connectivity index (χ3v) is 3.92. The Morgan fingerprint density at radius 2 is 2.32 bits per heavy atom. The fraction of sp³-hybridized carbons (Fsp3) is 0.636. The fourth-order valence-corrected chi connectivity index (χ4v) is 3.02. The molecule has 3 heterocycles. The zero-order chi connectivity index (χ0) is 13.4. The van der Waals surface area contributed by atoms with Gasteiger partial charge in [-0.15, -0.1) is 0 Å². The lowest BCUT2D eigenvalue weighted by atomic mass is 10.2. The molecule has 0 amide bonds. The van der Waals surface area contributed by atoms with Crippen molar-refractivity contribution >= 4 is 16.7 Å². The normalized spacial score (nSPS) is 23.2. The Bertz CT molecular complexity index is 569. The summed E-state index contributed by atoms with van der Waals surface area (Å²) in [6.07, 6.45) is 0.964. The Hall–Kier alpha value is -1.54.